The van der Waals surface area contributed by atoms with Crippen LogP contribution in [0.25, 0.3) is 10.8 Å². The van der Waals surface area contributed by atoms with Gasteiger partial charge in [0.1, 0.15) is 5.75 Å². The van der Waals surface area contributed by atoms with Gasteiger partial charge in [0.2, 0.25) is 11.4 Å². The summed E-state index contributed by atoms with van der Waals surface area (Å²) in [6.07, 6.45) is 0. The standard InChI is InChI=1S/C29H20ClNO3/c1-31-16-23(17-12-14-19(30)15-13-17)29(27(33)20-8-2-3-11-24(20)34-29)28(31)22-10-5-7-18-6-4-9-21(25(18)22)26(28)32/h2-15,23H,16H2,1H3. The van der Waals surface area contributed by atoms with Crippen molar-refractivity contribution in [3.8, 4) is 5.75 Å². The van der Waals surface area contributed by atoms with Gasteiger partial charge >= 0.3 is 0 Å². The van der Waals surface area contributed by atoms with Gasteiger partial charge in [-0.15, -0.1) is 0 Å². The summed E-state index contributed by atoms with van der Waals surface area (Å²) in [5, 5.41) is 2.52. The first-order valence-electron chi connectivity index (χ1n) is 11.4. The summed E-state index contributed by atoms with van der Waals surface area (Å²) in [4.78, 5) is 31.0. The van der Waals surface area contributed by atoms with Crippen LogP contribution in [-0.2, 0) is 5.54 Å². The zero-order chi connectivity index (χ0) is 23.2. The molecule has 0 aromatic heterocycles. The van der Waals surface area contributed by atoms with Gasteiger partial charge in [-0.2, -0.15) is 0 Å². The van der Waals surface area contributed by atoms with Crippen LogP contribution in [0.15, 0.2) is 84.9 Å². The van der Waals surface area contributed by atoms with Crippen LogP contribution in [0.1, 0.15) is 37.8 Å². The van der Waals surface area contributed by atoms with Crippen LogP contribution in [-0.4, -0.2) is 35.7 Å². The Balaban J connectivity index is 1.58. The Hall–Kier alpha value is -3.47. The van der Waals surface area contributed by atoms with E-state index in [9.17, 15) is 9.59 Å². The molecule has 3 aliphatic rings. The summed E-state index contributed by atoms with van der Waals surface area (Å²) in [6, 6.07) is 26.6. The third-order valence-electron chi connectivity index (χ3n) is 7.94. The molecule has 2 spiro atoms. The number of ether oxygens (including phenoxy) is 1. The van der Waals surface area contributed by atoms with Gasteiger partial charge in [0, 0.05) is 23.0 Å². The first-order valence-corrected chi connectivity index (χ1v) is 11.7. The highest BCUT2D eigenvalue weighted by atomic mass is 35.5. The van der Waals surface area contributed by atoms with Crippen molar-refractivity contribution < 1.29 is 14.3 Å². The van der Waals surface area contributed by atoms with E-state index >= 15 is 0 Å². The second-order valence-electron chi connectivity index (χ2n) is 9.40. The highest BCUT2D eigenvalue weighted by Crippen LogP contribution is 2.63. The van der Waals surface area contributed by atoms with Crippen molar-refractivity contribution in [1.82, 2.24) is 4.90 Å². The minimum absolute atomic E-state index is 0.0839. The number of benzene rings is 4. The van der Waals surface area contributed by atoms with Crippen LogP contribution in [0.5, 0.6) is 5.75 Å². The molecule has 3 unspecified atom stereocenters. The van der Waals surface area contributed by atoms with E-state index in [1.807, 2.05) is 90.8 Å². The van der Waals surface area contributed by atoms with Crippen molar-refractivity contribution in [2.45, 2.75) is 17.1 Å². The highest BCUT2D eigenvalue weighted by Gasteiger charge is 2.77. The smallest absolute Gasteiger partial charge is 0.213 e. The lowest BCUT2D eigenvalue weighted by Gasteiger charge is -2.43. The van der Waals surface area contributed by atoms with Crippen molar-refractivity contribution in [2.24, 2.45) is 0 Å². The first-order chi connectivity index (χ1) is 16.5. The lowest BCUT2D eigenvalue weighted by molar-refractivity contribution is -0.00576. The number of carbonyl (C=O) groups excluding carboxylic acids is 2. The molecule has 166 valence electrons. The number of para-hydroxylation sites is 1. The van der Waals surface area contributed by atoms with Gasteiger partial charge in [-0.3, -0.25) is 14.5 Å². The maximum atomic E-state index is 14.5. The van der Waals surface area contributed by atoms with Gasteiger partial charge in [0.05, 0.1) is 5.56 Å². The molecule has 0 amide bonds. The largest absolute Gasteiger partial charge is 0.475 e. The Morgan fingerprint density at radius 1 is 0.853 bits per heavy atom. The lowest BCUT2D eigenvalue weighted by atomic mass is 9.66. The number of fused-ring (bicyclic) bond motifs is 3. The molecular weight excluding hydrogens is 446 g/mol. The van der Waals surface area contributed by atoms with E-state index < -0.39 is 11.1 Å². The van der Waals surface area contributed by atoms with Crippen molar-refractivity contribution in [3.63, 3.8) is 0 Å². The van der Waals surface area contributed by atoms with E-state index in [0.29, 0.717) is 28.4 Å². The number of hydrogen-bond acceptors (Lipinski definition) is 4. The molecule has 1 saturated heterocycles. The molecule has 2 heterocycles. The maximum absolute atomic E-state index is 14.5. The molecule has 1 fully saturated rings. The van der Waals surface area contributed by atoms with Crippen molar-refractivity contribution >= 4 is 33.9 Å². The van der Waals surface area contributed by atoms with Crippen molar-refractivity contribution in [2.75, 3.05) is 13.6 Å². The molecule has 1 aliphatic carbocycles. The fourth-order valence-corrected chi connectivity index (χ4v) is 6.76. The second-order valence-corrected chi connectivity index (χ2v) is 9.83. The minimum Gasteiger partial charge on any atom is -0.475 e. The Morgan fingerprint density at radius 3 is 2.32 bits per heavy atom. The Morgan fingerprint density at radius 2 is 1.56 bits per heavy atom. The molecular formula is C29H20ClNO3. The molecule has 34 heavy (non-hydrogen) atoms. The van der Waals surface area contributed by atoms with E-state index in [2.05, 4.69) is 0 Å². The van der Waals surface area contributed by atoms with Gasteiger partial charge in [-0.1, -0.05) is 72.3 Å². The van der Waals surface area contributed by atoms with Crippen LogP contribution >= 0.6 is 11.6 Å². The lowest BCUT2D eigenvalue weighted by Crippen LogP contribution is -2.64. The molecule has 7 rings (SSSR count). The number of likely N-dealkylation sites (N-methyl/N-ethyl adjacent to an activating group) is 1. The fraction of sp³-hybridized carbons (Fsp3) is 0.172. The maximum Gasteiger partial charge on any atom is 0.213 e. The predicted octanol–water partition coefficient (Wildman–Crippen LogP) is 5.63. The third-order valence-corrected chi connectivity index (χ3v) is 8.19. The summed E-state index contributed by atoms with van der Waals surface area (Å²) in [7, 11) is 1.93. The number of likely N-dealkylation sites (tertiary alicyclic amines) is 1. The number of nitrogens with zero attached hydrogens (tertiary/aromatic N) is 1. The molecule has 0 bridgehead atoms. The molecule has 0 N–H and O–H groups in total. The number of Topliss-reactive ketones (excluding diaryl/α,β-unsaturated/α-hetero) is 2. The Labute approximate surface area is 201 Å². The molecule has 5 heteroatoms. The second kappa shape index (κ2) is 6.56. The average Bonchev–Trinajstić information content (AvgIpc) is 3.40. The van der Waals surface area contributed by atoms with Gasteiger partial charge in [-0.05, 0) is 53.2 Å². The number of rotatable bonds is 1. The third kappa shape index (κ3) is 2.10. The normalized spacial score (nSPS) is 27.2. The summed E-state index contributed by atoms with van der Waals surface area (Å²) < 4.78 is 6.76. The molecule has 3 atom stereocenters. The zero-order valence-corrected chi connectivity index (χ0v) is 19.2. The van der Waals surface area contributed by atoms with Crippen LogP contribution in [0.3, 0.4) is 0 Å². The number of halogens is 1. The Bertz CT molecular complexity index is 1540. The van der Waals surface area contributed by atoms with Gasteiger partial charge in [0.25, 0.3) is 0 Å². The Kier molecular flexibility index (Phi) is 3.85. The van der Waals surface area contributed by atoms with Crippen LogP contribution in [0.2, 0.25) is 5.02 Å². The SMILES string of the molecule is CN1CC(c2ccc(Cl)cc2)C2(Oc3ccccc3C2=O)C12C(=O)c1cccc3cccc2c13. The molecule has 4 nitrogen and oxygen atoms in total. The number of hydrogen-bond donors (Lipinski definition) is 0. The summed E-state index contributed by atoms with van der Waals surface area (Å²) in [5.74, 6) is -0.0785. The van der Waals surface area contributed by atoms with E-state index in [4.69, 9.17) is 16.3 Å². The van der Waals surface area contributed by atoms with Crippen LogP contribution in [0.4, 0.5) is 0 Å². The van der Waals surface area contributed by atoms with Crippen molar-refractivity contribution in [3.05, 3.63) is 112 Å². The molecule has 0 radical (unpaired) electrons. The van der Waals surface area contributed by atoms with Gasteiger partial charge < -0.3 is 4.74 Å². The molecule has 4 aromatic rings. The average molecular weight is 466 g/mol. The monoisotopic (exact) mass is 465 g/mol. The van der Waals surface area contributed by atoms with E-state index in [-0.39, 0.29) is 17.5 Å². The predicted molar refractivity (Wildman–Crippen MR) is 131 cm³/mol. The number of carbonyl (C=O) groups is 2. The van der Waals surface area contributed by atoms with Crippen LogP contribution < -0.4 is 4.74 Å². The quantitative estimate of drug-likeness (QED) is 0.365. The topological polar surface area (TPSA) is 46.6 Å². The summed E-state index contributed by atoms with van der Waals surface area (Å²) in [6.45, 7) is 0.484. The zero-order valence-electron chi connectivity index (χ0n) is 18.4. The van der Waals surface area contributed by atoms with E-state index in [1.165, 1.54) is 0 Å². The van der Waals surface area contributed by atoms with Crippen molar-refractivity contribution in [1.29, 1.82) is 0 Å². The summed E-state index contributed by atoms with van der Waals surface area (Å²) >= 11 is 6.20. The van der Waals surface area contributed by atoms with Crippen LogP contribution in [0, 0.1) is 0 Å². The highest BCUT2D eigenvalue weighted by molar-refractivity contribution is 6.30. The summed E-state index contributed by atoms with van der Waals surface area (Å²) in [5.41, 5.74) is 0.201. The van der Waals surface area contributed by atoms with E-state index in [0.717, 1.165) is 21.9 Å². The first kappa shape index (κ1) is 20.0. The fourth-order valence-electron chi connectivity index (χ4n) is 6.64. The molecule has 2 aliphatic heterocycles. The van der Waals surface area contributed by atoms with Gasteiger partial charge in [-0.25, -0.2) is 0 Å². The molecule has 0 saturated carbocycles. The molecule has 4 aromatic carbocycles. The number of ketones is 2. The van der Waals surface area contributed by atoms with Gasteiger partial charge in [0.15, 0.2) is 11.3 Å². The minimum atomic E-state index is -1.44. The van der Waals surface area contributed by atoms with E-state index in [1.54, 1.807) is 6.07 Å².